The zero-order valence-corrected chi connectivity index (χ0v) is 21.4. The Hall–Kier alpha value is -4.05. The molecule has 0 amide bonds. The van der Waals surface area contributed by atoms with Crippen LogP contribution in [0.15, 0.2) is 66.3 Å². The second-order valence-corrected chi connectivity index (χ2v) is 9.11. The maximum Gasteiger partial charge on any atom is 0.311 e. The number of nitrogens with zero attached hydrogens (tertiary/aromatic N) is 6. The Bertz CT molecular complexity index is 1290. The van der Waals surface area contributed by atoms with Crippen LogP contribution in [0.2, 0.25) is 0 Å². The van der Waals surface area contributed by atoms with Gasteiger partial charge in [-0.3, -0.25) is 15.1 Å². The Balaban J connectivity index is 1.55. The zero-order valence-electron chi connectivity index (χ0n) is 20.6. The molecule has 3 heterocycles. The number of hydrogen-bond acceptors (Lipinski definition) is 9. The number of anilines is 5. The molecule has 0 spiro atoms. The summed E-state index contributed by atoms with van der Waals surface area (Å²) in [5.41, 5.74) is 3.34. The summed E-state index contributed by atoms with van der Waals surface area (Å²) in [6, 6.07) is 14.5. The summed E-state index contributed by atoms with van der Waals surface area (Å²) in [5, 5.41) is 17.9. The summed E-state index contributed by atoms with van der Waals surface area (Å²) >= 11 is 1.65. The molecule has 0 saturated heterocycles. The average molecular weight is 504 g/mol. The number of aromatic nitrogens is 3. The number of hydrogen-bond donors (Lipinski definition) is 1. The van der Waals surface area contributed by atoms with Crippen LogP contribution in [-0.4, -0.2) is 40.0 Å². The van der Waals surface area contributed by atoms with E-state index in [1.54, 1.807) is 29.8 Å². The standard InChI is InChI=1S/C26H29N7O2S/c1-4-15-32(16-5-2)26-29-22(18-36-26)19-8-10-20(11-9-19)28-25-23(33(34)35)12-13-24(30-25)31(3)21-7-6-14-27-17-21/h6-14,17-18H,4-5,15-16H2,1-3H3,(H,28,30). The second kappa shape index (κ2) is 11.6. The van der Waals surface area contributed by atoms with Crippen LogP contribution in [0.4, 0.5) is 33.8 Å². The summed E-state index contributed by atoms with van der Waals surface area (Å²) in [4.78, 5) is 28.9. The molecule has 0 radical (unpaired) electrons. The number of nitro groups is 1. The van der Waals surface area contributed by atoms with Crippen LogP contribution in [0.25, 0.3) is 11.3 Å². The van der Waals surface area contributed by atoms with Crippen LogP contribution in [0.5, 0.6) is 0 Å². The zero-order chi connectivity index (χ0) is 25.5. The van der Waals surface area contributed by atoms with Crippen molar-refractivity contribution >= 4 is 45.2 Å². The van der Waals surface area contributed by atoms with Crippen molar-refractivity contribution in [1.82, 2.24) is 15.0 Å². The summed E-state index contributed by atoms with van der Waals surface area (Å²) in [6.07, 6.45) is 5.56. The van der Waals surface area contributed by atoms with E-state index in [4.69, 9.17) is 4.98 Å². The van der Waals surface area contributed by atoms with E-state index in [0.29, 0.717) is 11.5 Å². The largest absolute Gasteiger partial charge is 0.348 e. The van der Waals surface area contributed by atoms with E-state index in [2.05, 4.69) is 39.4 Å². The highest BCUT2D eigenvalue weighted by molar-refractivity contribution is 7.14. The lowest BCUT2D eigenvalue weighted by molar-refractivity contribution is -0.384. The van der Waals surface area contributed by atoms with Crippen LogP contribution >= 0.6 is 11.3 Å². The molecule has 0 aliphatic heterocycles. The van der Waals surface area contributed by atoms with Crippen molar-refractivity contribution in [2.75, 3.05) is 35.3 Å². The predicted octanol–water partition coefficient (Wildman–Crippen LogP) is 6.65. The van der Waals surface area contributed by atoms with Crippen LogP contribution < -0.4 is 15.1 Å². The Morgan fingerprint density at radius 2 is 1.78 bits per heavy atom. The molecule has 9 nitrogen and oxygen atoms in total. The minimum Gasteiger partial charge on any atom is -0.348 e. The second-order valence-electron chi connectivity index (χ2n) is 8.27. The van der Waals surface area contributed by atoms with Gasteiger partial charge in [0.25, 0.3) is 0 Å². The summed E-state index contributed by atoms with van der Waals surface area (Å²) < 4.78 is 0. The summed E-state index contributed by atoms with van der Waals surface area (Å²) in [5.74, 6) is 0.734. The summed E-state index contributed by atoms with van der Waals surface area (Å²) in [6.45, 7) is 6.33. The molecular weight excluding hydrogens is 474 g/mol. The fraction of sp³-hybridized carbons (Fsp3) is 0.269. The van der Waals surface area contributed by atoms with Crippen molar-refractivity contribution in [3.8, 4) is 11.3 Å². The van der Waals surface area contributed by atoms with E-state index >= 15 is 0 Å². The maximum absolute atomic E-state index is 11.6. The molecular formula is C26H29N7O2S. The first kappa shape index (κ1) is 25.1. The Labute approximate surface area is 214 Å². The van der Waals surface area contributed by atoms with E-state index in [1.807, 2.05) is 48.3 Å². The highest BCUT2D eigenvalue weighted by Crippen LogP contribution is 2.32. The fourth-order valence-electron chi connectivity index (χ4n) is 3.80. The SMILES string of the molecule is CCCN(CCC)c1nc(-c2ccc(Nc3nc(N(C)c4cccnc4)ccc3[N+](=O)[O-])cc2)cs1. The van der Waals surface area contributed by atoms with Crippen LogP contribution in [0.3, 0.4) is 0 Å². The van der Waals surface area contributed by atoms with Gasteiger partial charge in [0.2, 0.25) is 5.82 Å². The first-order chi connectivity index (χ1) is 17.5. The smallest absolute Gasteiger partial charge is 0.311 e. The van der Waals surface area contributed by atoms with Crippen molar-refractivity contribution in [3.05, 3.63) is 76.4 Å². The van der Waals surface area contributed by atoms with Gasteiger partial charge in [0.1, 0.15) is 5.82 Å². The number of rotatable bonds is 11. The molecule has 186 valence electrons. The van der Waals surface area contributed by atoms with Gasteiger partial charge in [0.05, 0.1) is 22.5 Å². The molecule has 36 heavy (non-hydrogen) atoms. The molecule has 1 aromatic carbocycles. The Kier molecular flexibility index (Phi) is 8.06. The number of benzene rings is 1. The van der Waals surface area contributed by atoms with E-state index in [9.17, 15) is 10.1 Å². The predicted molar refractivity (Wildman–Crippen MR) is 147 cm³/mol. The molecule has 4 aromatic rings. The minimum atomic E-state index is -0.438. The van der Waals surface area contributed by atoms with Gasteiger partial charge in [-0.2, -0.15) is 0 Å². The lowest BCUT2D eigenvalue weighted by atomic mass is 10.1. The monoisotopic (exact) mass is 503 g/mol. The first-order valence-electron chi connectivity index (χ1n) is 11.9. The number of nitrogens with one attached hydrogen (secondary N) is 1. The minimum absolute atomic E-state index is 0.0986. The highest BCUT2D eigenvalue weighted by atomic mass is 32.1. The van der Waals surface area contributed by atoms with Gasteiger partial charge in [0.15, 0.2) is 5.13 Å². The quantitative estimate of drug-likeness (QED) is 0.179. The highest BCUT2D eigenvalue weighted by Gasteiger charge is 2.19. The van der Waals surface area contributed by atoms with Crippen LogP contribution in [0, 0.1) is 10.1 Å². The average Bonchev–Trinajstić information content (AvgIpc) is 3.39. The van der Waals surface area contributed by atoms with Crippen LogP contribution in [0.1, 0.15) is 26.7 Å². The van der Waals surface area contributed by atoms with Gasteiger partial charge >= 0.3 is 5.69 Å². The Morgan fingerprint density at radius 1 is 1.03 bits per heavy atom. The van der Waals surface area contributed by atoms with Crippen molar-refractivity contribution in [1.29, 1.82) is 0 Å². The van der Waals surface area contributed by atoms with Gasteiger partial charge in [0, 0.05) is 49.0 Å². The molecule has 0 fully saturated rings. The molecule has 0 bridgehead atoms. The van der Waals surface area contributed by atoms with E-state index in [1.165, 1.54) is 6.07 Å². The summed E-state index contributed by atoms with van der Waals surface area (Å²) in [7, 11) is 1.84. The molecule has 4 rings (SSSR count). The van der Waals surface area contributed by atoms with Crippen molar-refractivity contribution in [2.45, 2.75) is 26.7 Å². The maximum atomic E-state index is 11.6. The molecule has 3 aromatic heterocycles. The lowest BCUT2D eigenvalue weighted by Crippen LogP contribution is -2.24. The van der Waals surface area contributed by atoms with Crippen molar-refractivity contribution in [2.24, 2.45) is 0 Å². The van der Waals surface area contributed by atoms with Crippen molar-refractivity contribution < 1.29 is 4.92 Å². The van der Waals surface area contributed by atoms with Gasteiger partial charge in [-0.1, -0.05) is 26.0 Å². The Morgan fingerprint density at radius 3 is 2.42 bits per heavy atom. The van der Waals surface area contributed by atoms with Crippen LogP contribution in [-0.2, 0) is 0 Å². The lowest BCUT2D eigenvalue weighted by Gasteiger charge is -2.19. The molecule has 0 unspecified atom stereocenters. The molecule has 10 heteroatoms. The molecule has 1 N–H and O–H groups in total. The molecule has 0 atom stereocenters. The number of thiazole rings is 1. The molecule has 0 saturated carbocycles. The topological polar surface area (TPSA) is 100 Å². The first-order valence-corrected chi connectivity index (χ1v) is 12.7. The molecule has 0 aliphatic carbocycles. The van der Waals surface area contributed by atoms with Gasteiger partial charge in [-0.05, 0) is 43.2 Å². The third-order valence-electron chi connectivity index (χ3n) is 5.63. The molecule has 0 aliphatic rings. The van der Waals surface area contributed by atoms with E-state index in [-0.39, 0.29) is 11.5 Å². The van der Waals surface area contributed by atoms with Crippen molar-refractivity contribution in [3.63, 3.8) is 0 Å². The van der Waals surface area contributed by atoms with E-state index < -0.39 is 4.92 Å². The number of pyridine rings is 2. The van der Waals surface area contributed by atoms with E-state index in [0.717, 1.165) is 48.0 Å². The normalized spacial score (nSPS) is 10.8. The van der Waals surface area contributed by atoms with Gasteiger partial charge in [-0.25, -0.2) is 9.97 Å². The third-order valence-corrected chi connectivity index (χ3v) is 6.53. The third kappa shape index (κ3) is 5.77. The van der Waals surface area contributed by atoms with Gasteiger partial charge in [-0.15, -0.1) is 11.3 Å². The fourth-order valence-corrected chi connectivity index (χ4v) is 4.69. The van der Waals surface area contributed by atoms with Gasteiger partial charge < -0.3 is 15.1 Å².